The summed E-state index contributed by atoms with van der Waals surface area (Å²) in [4.78, 5) is 14.3. The van der Waals surface area contributed by atoms with Gasteiger partial charge in [-0.3, -0.25) is 4.79 Å². The number of hydrogen-bond donors (Lipinski definition) is 1. The van der Waals surface area contributed by atoms with Crippen molar-refractivity contribution in [2.75, 3.05) is 26.2 Å². The highest BCUT2D eigenvalue weighted by Crippen LogP contribution is 2.20. The third kappa shape index (κ3) is 3.19. The molecule has 0 aromatic rings. The van der Waals surface area contributed by atoms with Crippen molar-refractivity contribution >= 4 is 5.91 Å². The van der Waals surface area contributed by atoms with E-state index in [1.807, 2.05) is 4.90 Å². The van der Waals surface area contributed by atoms with Crippen LogP contribution in [0.25, 0.3) is 0 Å². The molecule has 0 aromatic carbocycles. The Morgan fingerprint density at radius 1 is 1.35 bits per heavy atom. The van der Waals surface area contributed by atoms with Gasteiger partial charge in [-0.2, -0.15) is 0 Å². The molecular formula is C13H24N2O2. The van der Waals surface area contributed by atoms with Crippen molar-refractivity contribution < 1.29 is 9.53 Å². The third-order valence-electron chi connectivity index (χ3n) is 4.13. The predicted octanol–water partition coefficient (Wildman–Crippen LogP) is 1.01. The Bertz CT molecular complexity index is 264. The van der Waals surface area contributed by atoms with E-state index < -0.39 is 0 Å². The van der Waals surface area contributed by atoms with Crippen molar-refractivity contribution in [2.24, 2.45) is 5.92 Å². The summed E-state index contributed by atoms with van der Waals surface area (Å²) < 4.78 is 5.56. The van der Waals surface area contributed by atoms with Crippen LogP contribution in [0.5, 0.6) is 0 Å². The molecule has 0 spiro atoms. The lowest BCUT2D eigenvalue weighted by Gasteiger charge is -2.38. The monoisotopic (exact) mass is 240 g/mol. The first-order valence-corrected chi connectivity index (χ1v) is 6.80. The largest absolute Gasteiger partial charge is 0.375 e. The highest BCUT2D eigenvalue weighted by atomic mass is 16.5. The number of carbonyl (C=O) groups is 1. The molecule has 2 aliphatic rings. The van der Waals surface area contributed by atoms with Crippen LogP contribution in [0.1, 0.15) is 33.1 Å². The number of rotatable bonds is 2. The van der Waals surface area contributed by atoms with Crippen molar-refractivity contribution in [1.29, 1.82) is 0 Å². The Morgan fingerprint density at radius 3 is 2.76 bits per heavy atom. The highest BCUT2D eigenvalue weighted by Gasteiger charge is 2.30. The van der Waals surface area contributed by atoms with Crippen LogP contribution < -0.4 is 5.32 Å². The average molecular weight is 240 g/mol. The summed E-state index contributed by atoms with van der Waals surface area (Å²) in [7, 11) is 0. The quantitative estimate of drug-likeness (QED) is 0.783. The first-order valence-electron chi connectivity index (χ1n) is 6.80. The lowest BCUT2D eigenvalue weighted by molar-refractivity contribution is -0.145. The summed E-state index contributed by atoms with van der Waals surface area (Å²) in [5.41, 5.74) is 0. The van der Waals surface area contributed by atoms with Gasteiger partial charge in [0.05, 0.1) is 18.8 Å². The number of ether oxygens (including phenoxy) is 1. The van der Waals surface area contributed by atoms with Gasteiger partial charge in [0.2, 0.25) is 5.91 Å². The molecule has 1 N–H and O–H groups in total. The van der Waals surface area contributed by atoms with Crippen LogP contribution >= 0.6 is 0 Å². The molecule has 0 aromatic heterocycles. The maximum atomic E-state index is 12.3. The second kappa shape index (κ2) is 5.83. The third-order valence-corrected chi connectivity index (χ3v) is 4.13. The molecule has 2 fully saturated rings. The van der Waals surface area contributed by atoms with Crippen molar-refractivity contribution in [3.8, 4) is 0 Å². The van der Waals surface area contributed by atoms with Crippen LogP contribution in [0.4, 0.5) is 0 Å². The first-order chi connectivity index (χ1) is 8.18. The fourth-order valence-electron chi connectivity index (χ4n) is 2.74. The zero-order valence-electron chi connectivity index (χ0n) is 10.9. The van der Waals surface area contributed by atoms with Gasteiger partial charge in [-0.05, 0) is 45.7 Å². The minimum atomic E-state index is 0.167. The molecule has 2 heterocycles. The molecule has 1 amide bonds. The average Bonchev–Trinajstić information content (AvgIpc) is 2.34. The molecule has 0 bridgehead atoms. The number of amides is 1. The topological polar surface area (TPSA) is 41.6 Å². The fourth-order valence-corrected chi connectivity index (χ4v) is 2.74. The van der Waals surface area contributed by atoms with E-state index in [0.717, 1.165) is 38.9 Å². The molecule has 2 aliphatic heterocycles. The molecule has 98 valence electrons. The van der Waals surface area contributed by atoms with Crippen molar-refractivity contribution in [1.82, 2.24) is 10.2 Å². The van der Waals surface area contributed by atoms with Gasteiger partial charge in [-0.1, -0.05) is 0 Å². The summed E-state index contributed by atoms with van der Waals surface area (Å²) in [6, 6.07) is 0.220. The standard InChI is InChI=1S/C13H24N2O2/c1-10-11(2)17-8-7-15(10)13(16)9-12-3-5-14-6-4-12/h10-12,14H,3-9H2,1-2H3/t10-,11+/m0/s1. The molecular weight excluding hydrogens is 216 g/mol. The number of carbonyl (C=O) groups excluding carboxylic acids is 1. The van der Waals surface area contributed by atoms with E-state index in [2.05, 4.69) is 19.2 Å². The first kappa shape index (κ1) is 12.8. The number of piperidine rings is 1. The minimum absolute atomic E-state index is 0.167. The van der Waals surface area contributed by atoms with Crippen molar-refractivity contribution in [3.05, 3.63) is 0 Å². The second-order valence-corrected chi connectivity index (χ2v) is 5.30. The fraction of sp³-hybridized carbons (Fsp3) is 0.923. The summed E-state index contributed by atoms with van der Waals surface area (Å²) >= 11 is 0. The van der Waals surface area contributed by atoms with Gasteiger partial charge in [-0.15, -0.1) is 0 Å². The van der Waals surface area contributed by atoms with Gasteiger partial charge < -0.3 is 15.0 Å². The van der Waals surface area contributed by atoms with Gasteiger partial charge in [0.1, 0.15) is 0 Å². The van der Waals surface area contributed by atoms with Gasteiger partial charge in [0.25, 0.3) is 0 Å². The Morgan fingerprint density at radius 2 is 2.06 bits per heavy atom. The number of nitrogens with one attached hydrogen (secondary N) is 1. The summed E-state index contributed by atoms with van der Waals surface area (Å²) in [5, 5.41) is 3.34. The maximum absolute atomic E-state index is 12.3. The molecule has 0 radical (unpaired) electrons. The molecule has 2 saturated heterocycles. The summed E-state index contributed by atoms with van der Waals surface area (Å²) in [6.45, 7) is 7.71. The zero-order valence-corrected chi connectivity index (χ0v) is 10.9. The van der Waals surface area contributed by atoms with Crippen LogP contribution in [-0.4, -0.2) is 49.2 Å². The SMILES string of the molecule is C[C@H]1OCCN(C(=O)CC2CCNCC2)[C@H]1C. The van der Waals surface area contributed by atoms with Gasteiger partial charge in [-0.25, -0.2) is 0 Å². The highest BCUT2D eigenvalue weighted by molar-refractivity contribution is 5.77. The van der Waals surface area contributed by atoms with Crippen molar-refractivity contribution in [2.45, 2.75) is 45.3 Å². The predicted molar refractivity (Wildman–Crippen MR) is 66.8 cm³/mol. The van der Waals surface area contributed by atoms with E-state index in [4.69, 9.17) is 4.74 Å². The second-order valence-electron chi connectivity index (χ2n) is 5.30. The molecule has 17 heavy (non-hydrogen) atoms. The minimum Gasteiger partial charge on any atom is -0.375 e. The van der Waals surface area contributed by atoms with E-state index >= 15 is 0 Å². The Kier molecular flexibility index (Phi) is 4.40. The lowest BCUT2D eigenvalue weighted by atomic mass is 9.93. The van der Waals surface area contributed by atoms with Gasteiger partial charge in [0, 0.05) is 13.0 Å². The van der Waals surface area contributed by atoms with E-state index in [0.29, 0.717) is 18.4 Å². The van der Waals surface area contributed by atoms with Crippen LogP contribution in [0.2, 0.25) is 0 Å². The molecule has 2 atom stereocenters. The summed E-state index contributed by atoms with van der Waals surface area (Å²) in [5.74, 6) is 0.897. The molecule has 4 nitrogen and oxygen atoms in total. The zero-order chi connectivity index (χ0) is 12.3. The van der Waals surface area contributed by atoms with Crippen LogP contribution in [0, 0.1) is 5.92 Å². The molecule has 0 unspecified atom stereocenters. The van der Waals surface area contributed by atoms with E-state index in [1.165, 1.54) is 0 Å². The molecule has 4 heteroatoms. The Balaban J connectivity index is 1.85. The molecule has 2 rings (SSSR count). The van der Waals surface area contributed by atoms with E-state index in [1.54, 1.807) is 0 Å². The normalized spacial score (nSPS) is 31.5. The maximum Gasteiger partial charge on any atom is 0.223 e. The van der Waals surface area contributed by atoms with Crippen LogP contribution in [-0.2, 0) is 9.53 Å². The lowest BCUT2D eigenvalue weighted by Crippen LogP contribution is -2.51. The number of hydrogen-bond acceptors (Lipinski definition) is 3. The van der Waals surface area contributed by atoms with Crippen LogP contribution in [0.3, 0.4) is 0 Å². The smallest absolute Gasteiger partial charge is 0.223 e. The van der Waals surface area contributed by atoms with E-state index in [9.17, 15) is 4.79 Å². The number of morpholine rings is 1. The Labute approximate surface area is 104 Å². The molecule has 0 saturated carbocycles. The Hall–Kier alpha value is -0.610. The summed E-state index contributed by atoms with van der Waals surface area (Å²) in [6.07, 6.45) is 3.17. The number of nitrogens with zero attached hydrogens (tertiary/aromatic N) is 1. The van der Waals surface area contributed by atoms with Gasteiger partial charge >= 0.3 is 0 Å². The van der Waals surface area contributed by atoms with E-state index in [-0.39, 0.29) is 12.1 Å². The van der Waals surface area contributed by atoms with Crippen molar-refractivity contribution in [3.63, 3.8) is 0 Å². The molecule has 0 aliphatic carbocycles. The van der Waals surface area contributed by atoms with Gasteiger partial charge in [0.15, 0.2) is 0 Å². The van der Waals surface area contributed by atoms with Crippen LogP contribution in [0.15, 0.2) is 0 Å².